The lowest BCUT2D eigenvalue weighted by atomic mass is 9.87. The van der Waals surface area contributed by atoms with E-state index in [4.69, 9.17) is 33.7 Å². The van der Waals surface area contributed by atoms with E-state index < -0.39 is 49.5 Å². The van der Waals surface area contributed by atoms with Gasteiger partial charge in [-0.25, -0.2) is 14.1 Å². The Morgan fingerprint density at radius 2 is 1.84 bits per heavy atom. The number of hydrogen-bond acceptors (Lipinski definition) is 11. The van der Waals surface area contributed by atoms with E-state index >= 15 is 0 Å². The zero-order valence-corrected chi connectivity index (χ0v) is 27.3. The van der Waals surface area contributed by atoms with E-state index in [9.17, 15) is 9.36 Å². The van der Waals surface area contributed by atoms with Crippen LogP contribution in [0.15, 0.2) is 42.7 Å². The Kier molecular flexibility index (Phi) is 8.60. The lowest BCUT2D eigenvalue weighted by molar-refractivity contribution is -0.211. The van der Waals surface area contributed by atoms with E-state index in [1.165, 1.54) is 13.3 Å². The molecule has 13 nitrogen and oxygen atoms in total. The molecule has 0 amide bonds. The molecule has 4 heterocycles. The summed E-state index contributed by atoms with van der Waals surface area (Å²) in [5.74, 6) is -0.892. The zero-order chi connectivity index (χ0) is 32.1. The molecule has 1 unspecified atom stereocenters. The van der Waals surface area contributed by atoms with Crippen LogP contribution in [0.2, 0.25) is 0 Å². The van der Waals surface area contributed by atoms with Gasteiger partial charge < -0.3 is 29.2 Å². The number of nitrogens with one attached hydrogen (secondary N) is 1. The van der Waals surface area contributed by atoms with Gasteiger partial charge in [0.15, 0.2) is 11.6 Å². The number of carbonyl (C=O) groups is 1. The summed E-state index contributed by atoms with van der Waals surface area (Å²) >= 11 is 0. The fourth-order valence-electron chi connectivity index (χ4n) is 5.57. The van der Waals surface area contributed by atoms with Gasteiger partial charge in [0.1, 0.15) is 47.5 Å². The predicted molar refractivity (Wildman–Crippen MR) is 162 cm³/mol. The number of carbonyl (C=O) groups excluding carboxylic acids is 1. The maximum Gasteiger partial charge on any atom is 0.459 e. The fourth-order valence-corrected chi connectivity index (χ4v) is 7.07. The van der Waals surface area contributed by atoms with Crippen LogP contribution in [0.5, 0.6) is 5.75 Å². The maximum absolute atomic E-state index is 14.2. The highest BCUT2D eigenvalue weighted by molar-refractivity contribution is 7.52. The summed E-state index contributed by atoms with van der Waals surface area (Å²) < 4.78 is 52.2. The summed E-state index contributed by atoms with van der Waals surface area (Å²) in [6.45, 7) is 15.0. The summed E-state index contributed by atoms with van der Waals surface area (Å²) in [6.07, 6.45) is -0.536. The second-order valence-corrected chi connectivity index (χ2v) is 14.4. The number of nitrogens with zero attached hydrogens (tertiary/aromatic N) is 3. The van der Waals surface area contributed by atoms with Crippen molar-refractivity contribution < 1.29 is 37.4 Å². The number of rotatable bonds is 10. The molecule has 0 radical (unpaired) electrons. The Morgan fingerprint density at radius 1 is 1.14 bits per heavy atom. The van der Waals surface area contributed by atoms with Crippen LogP contribution in [0.25, 0.3) is 5.52 Å². The summed E-state index contributed by atoms with van der Waals surface area (Å²) in [5, 5.41) is 7.11. The van der Waals surface area contributed by atoms with Crippen LogP contribution < -0.4 is 15.3 Å². The van der Waals surface area contributed by atoms with E-state index in [1.54, 1.807) is 23.6 Å². The first-order valence-corrected chi connectivity index (χ1v) is 16.2. The zero-order valence-electron chi connectivity index (χ0n) is 26.4. The smallest absolute Gasteiger partial charge is 0.459 e. The first kappa shape index (κ1) is 32.3. The topological polar surface area (TPSA) is 158 Å². The Hall–Kier alpha value is -3.06. The minimum atomic E-state index is -4.17. The summed E-state index contributed by atoms with van der Waals surface area (Å²) in [5.41, 5.74) is 7.31. The highest BCUT2D eigenvalue weighted by Crippen LogP contribution is 2.51. The summed E-state index contributed by atoms with van der Waals surface area (Å²) in [6, 6.07) is 9.91. The Labute approximate surface area is 257 Å². The molecule has 14 heteroatoms. The van der Waals surface area contributed by atoms with Crippen molar-refractivity contribution in [2.45, 2.75) is 96.5 Å². The molecule has 0 spiro atoms. The van der Waals surface area contributed by atoms with Crippen molar-refractivity contribution in [3.63, 3.8) is 0 Å². The Morgan fingerprint density at radius 3 is 2.50 bits per heavy atom. The van der Waals surface area contributed by atoms with Crippen molar-refractivity contribution in [3.8, 4) is 5.75 Å². The molecular weight excluding hydrogens is 589 g/mol. The monoisotopic (exact) mass is 631 g/mol. The number of benzene rings is 1. The molecule has 2 saturated heterocycles. The molecule has 44 heavy (non-hydrogen) atoms. The third-order valence-electron chi connectivity index (χ3n) is 7.77. The SMILES string of the molecule is CCOC(=O)[C@H](C)NP(=O)(OC[C@H]1O[C@@](C)(c2ccc3c(N)ncnn23)[C@@H]2OC(C)(C)O[C@@H]21)Oc1ccc(C(C)(C)C)cc1. The molecule has 5 rings (SSSR count). The van der Waals surface area contributed by atoms with Crippen LogP contribution in [0, 0.1) is 0 Å². The van der Waals surface area contributed by atoms with Gasteiger partial charge in [0.05, 0.1) is 18.9 Å². The van der Waals surface area contributed by atoms with Gasteiger partial charge in [0.25, 0.3) is 0 Å². The third kappa shape index (κ3) is 6.35. The molecule has 3 aromatic rings. The number of esters is 1. The van der Waals surface area contributed by atoms with Crippen LogP contribution in [-0.4, -0.2) is 63.9 Å². The molecule has 0 aliphatic carbocycles. The average molecular weight is 632 g/mol. The van der Waals surface area contributed by atoms with Crippen molar-refractivity contribution in [1.82, 2.24) is 19.7 Å². The third-order valence-corrected chi connectivity index (χ3v) is 9.42. The van der Waals surface area contributed by atoms with E-state index in [0.717, 1.165) is 5.56 Å². The van der Waals surface area contributed by atoms with Gasteiger partial charge in [-0.15, -0.1) is 0 Å². The van der Waals surface area contributed by atoms with Crippen molar-refractivity contribution in [3.05, 3.63) is 54.0 Å². The van der Waals surface area contributed by atoms with Crippen molar-refractivity contribution >= 4 is 25.1 Å². The van der Waals surface area contributed by atoms with Gasteiger partial charge in [0, 0.05) is 0 Å². The molecule has 0 bridgehead atoms. The van der Waals surface area contributed by atoms with Gasteiger partial charge in [-0.05, 0) is 69.9 Å². The van der Waals surface area contributed by atoms with Gasteiger partial charge in [-0.3, -0.25) is 9.32 Å². The van der Waals surface area contributed by atoms with Crippen LogP contribution >= 0.6 is 7.75 Å². The molecule has 2 aliphatic heterocycles. The maximum atomic E-state index is 14.2. The Balaban J connectivity index is 1.42. The fraction of sp³-hybridized carbons (Fsp3) is 0.567. The lowest BCUT2D eigenvalue weighted by Gasteiger charge is -2.31. The molecule has 2 fully saturated rings. The number of aromatic nitrogens is 3. The molecule has 3 N–H and O–H groups in total. The van der Waals surface area contributed by atoms with Crippen molar-refractivity contribution in [2.24, 2.45) is 0 Å². The molecule has 2 aliphatic rings. The summed E-state index contributed by atoms with van der Waals surface area (Å²) in [4.78, 5) is 16.5. The van der Waals surface area contributed by atoms with Crippen LogP contribution in [-0.2, 0) is 43.8 Å². The first-order chi connectivity index (χ1) is 20.6. The largest absolute Gasteiger partial charge is 0.465 e. The summed E-state index contributed by atoms with van der Waals surface area (Å²) in [7, 11) is -4.17. The number of ether oxygens (including phenoxy) is 4. The number of fused-ring (bicyclic) bond motifs is 2. The minimum absolute atomic E-state index is 0.0847. The molecule has 2 aromatic heterocycles. The standard InChI is InChI=1S/C30H42N5O8P/c1-9-38-27(36)18(2)34-44(37,43-20-12-10-19(11-13-20)28(3,4)5)39-16-22-24-25(42-29(6,7)41-24)30(8,40-22)23-15-14-21-26(31)32-17-33-35(21)23/h10-15,17-18,22,24-25H,9,16H2,1-8H3,(H,34,37)(H2,31,32,33)/t18-,22+,24+,25+,30-,44?/m0/s1. The van der Waals surface area contributed by atoms with E-state index in [2.05, 4.69) is 35.9 Å². The van der Waals surface area contributed by atoms with Gasteiger partial charge in [-0.1, -0.05) is 32.9 Å². The van der Waals surface area contributed by atoms with E-state index in [-0.39, 0.29) is 18.6 Å². The Bertz CT molecular complexity index is 1550. The number of anilines is 1. The number of hydrogen-bond donors (Lipinski definition) is 2. The van der Waals surface area contributed by atoms with Crippen molar-refractivity contribution in [2.75, 3.05) is 18.9 Å². The van der Waals surface area contributed by atoms with Crippen molar-refractivity contribution in [1.29, 1.82) is 0 Å². The van der Waals surface area contributed by atoms with Gasteiger partial charge >= 0.3 is 13.7 Å². The highest BCUT2D eigenvalue weighted by Gasteiger charge is 2.62. The molecule has 240 valence electrons. The minimum Gasteiger partial charge on any atom is -0.465 e. The van der Waals surface area contributed by atoms with E-state index in [0.29, 0.717) is 22.8 Å². The van der Waals surface area contributed by atoms with Crippen LogP contribution in [0.4, 0.5) is 5.82 Å². The average Bonchev–Trinajstić information content (AvgIpc) is 3.59. The number of nitrogens with two attached hydrogens (primary N) is 1. The second-order valence-electron chi connectivity index (χ2n) is 12.7. The molecular formula is C30H42N5O8P. The molecule has 0 saturated carbocycles. The van der Waals surface area contributed by atoms with Crippen LogP contribution in [0.3, 0.4) is 0 Å². The molecule has 6 atom stereocenters. The van der Waals surface area contributed by atoms with Gasteiger partial charge in [0.2, 0.25) is 0 Å². The molecule has 1 aromatic carbocycles. The van der Waals surface area contributed by atoms with Crippen LogP contribution in [0.1, 0.15) is 66.6 Å². The predicted octanol–water partition coefficient (Wildman–Crippen LogP) is 4.49. The van der Waals surface area contributed by atoms with Gasteiger partial charge in [-0.2, -0.15) is 10.2 Å². The normalized spacial score (nSPS) is 26.7. The highest BCUT2D eigenvalue weighted by atomic mass is 31.2. The number of nitrogen functional groups attached to an aromatic ring is 1. The van der Waals surface area contributed by atoms with E-state index in [1.807, 2.05) is 45.0 Å². The first-order valence-electron chi connectivity index (χ1n) is 14.7. The quantitative estimate of drug-likeness (QED) is 0.239. The lowest BCUT2D eigenvalue weighted by Crippen LogP contribution is -2.39. The second kappa shape index (κ2) is 11.7.